The molecule has 0 bridgehead atoms. The Morgan fingerprint density at radius 1 is 1.33 bits per heavy atom. The lowest BCUT2D eigenvalue weighted by Gasteiger charge is -2.41. The van der Waals surface area contributed by atoms with Crippen molar-refractivity contribution in [2.45, 2.75) is 33.3 Å². The molecule has 18 heavy (non-hydrogen) atoms. The zero-order valence-corrected chi connectivity index (χ0v) is 11.4. The smallest absolute Gasteiger partial charge is 0.124 e. The average molecular weight is 249 g/mol. The Labute approximate surface area is 109 Å². The predicted octanol–water partition coefficient (Wildman–Crippen LogP) is 2.81. The number of anilines is 1. The van der Waals surface area contributed by atoms with Gasteiger partial charge < -0.3 is 14.7 Å². The van der Waals surface area contributed by atoms with E-state index in [-0.39, 0.29) is 6.61 Å². The molecular formula is C15H23NO2. The Morgan fingerprint density at radius 2 is 2.11 bits per heavy atom. The normalized spacial score (nSPS) is 15.6. The van der Waals surface area contributed by atoms with Gasteiger partial charge in [-0.05, 0) is 37.5 Å². The molecule has 0 aromatic heterocycles. The van der Waals surface area contributed by atoms with Crippen LogP contribution in [0.15, 0.2) is 18.2 Å². The Hall–Kier alpha value is -1.22. The highest BCUT2D eigenvalue weighted by molar-refractivity contribution is 5.54. The highest BCUT2D eigenvalue weighted by Gasteiger charge is 2.26. The van der Waals surface area contributed by atoms with Crippen molar-refractivity contribution in [1.29, 1.82) is 0 Å². The maximum absolute atomic E-state index is 9.38. The van der Waals surface area contributed by atoms with Crippen LogP contribution in [0.25, 0.3) is 0 Å². The molecule has 1 heterocycles. The maximum atomic E-state index is 9.38. The zero-order valence-electron chi connectivity index (χ0n) is 11.4. The Bertz CT molecular complexity index is 386. The minimum absolute atomic E-state index is 0.0371. The number of hydrogen-bond donors (Lipinski definition) is 1. The highest BCUT2D eigenvalue weighted by atomic mass is 16.5. The van der Waals surface area contributed by atoms with E-state index in [1.54, 1.807) is 0 Å². The van der Waals surface area contributed by atoms with Gasteiger partial charge in [-0.15, -0.1) is 0 Å². The van der Waals surface area contributed by atoms with Crippen LogP contribution < -0.4 is 9.64 Å². The summed E-state index contributed by atoms with van der Waals surface area (Å²) in [6.07, 6.45) is 2.59. The minimum Gasteiger partial charge on any atom is -0.494 e. The number of rotatable bonds is 6. The fraction of sp³-hybridized carbons (Fsp3) is 0.600. The van der Waals surface area contributed by atoms with Gasteiger partial charge in [-0.2, -0.15) is 0 Å². The van der Waals surface area contributed by atoms with Crippen molar-refractivity contribution in [2.75, 3.05) is 24.6 Å². The first kappa shape index (κ1) is 13.2. The molecule has 0 spiro atoms. The zero-order chi connectivity index (χ0) is 13.0. The summed E-state index contributed by atoms with van der Waals surface area (Å²) in [5.41, 5.74) is 2.09. The van der Waals surface area contributed by atoms with E-state index in [2.05, 4.69) is 17.9 Å². The summed E-state index contributed by atoms with van der Waals surface area (Å²) in [4.78, 5) is 2.37. The summed E-state index contributed by atoms with van der Waals surface area (Å²) < 4.78 is 5.50. The van der Waals surface area contributed by atoms with E-state index in [9.17, 15) is 5.11 Å². The van der Waals surface area contributed by atoms with Crippen LogP contribution in [0.4, 0.5) is 5.69 Å². The molecule has 0 saturated carbocycles. The molecule has 1 N–H and O–H groups in total. The van der Waals surface area contributed by atoms with Crippen molar-refractivity contribution < 1.29 is 9.84 Å². The standard InChI is InChI=1S/C15H23NO2/c1-3-5-12-9-16(10-12)14-6-7-15(18-4-2)13(8-14)11-17/h6-8,12,17H,3-5,9-11H2,1-2H3. The fourth-order valence-electron chi connectivity index (χ4n) is 2.55. The lowest BCUT2D eigenvalue weighted by Crippen LogP contribution is -2.46. The monoisotopic (exact) mass is 249 g/mol. The van der Waals surface area contributed by atoms with Crippen LogP contribution in [0, 0.1) is 5.92 Å². The molecule has 0 amide bonds. The SMILES string of the molecule is CCCC1CN(c2ccc(OCC)c(CO)c2)C1. The van der Waals surface area contributed by atoms with E-state index >= 15 is 0 Å². The highest BCUT2D eigenvalue weighted by Crippen LogP contribution is 2.31. The van der Waals surface area contributed by atoms with Crippen LogP contribution >= 0.6 is 0 Å². The predicted molar refractivity (Wildman–Crippen MR) is 74.1 cm³/mol. The van der Waals surface area contributed by atoms with Crippen LogP contribution in [0.3, 0.4) is 0 Å². The first-order chi connectivity index (χ1) is 8.78. The lowest BCUT2D eigenvalue weighted by molar-refractivity contribution is 0.267. The number of hydrogen-bond acceptors (Lipinski definition) is 3. The lowest BCUT2D eigenvalue weighted by atomic mass is 9.94. The second-order valence-electron chi connectivity index (χ2n) is 4.94. The van der Waals surface area contributed by atoms with Gasteiger partial charge in [-0.3, -0.25) is 0 Å². The molecule has 0 aliphatic carbocycles. The summed E-state index contributed by atoms with van der Waals surface area (Å²) in [6.45, 7) is 7.16. The summed E-state index contributed by atoms with van der Waals surface area (Å²) in [7, 11) is 0. The molecule has 1 fully saturated rings. The number of ether oxygens (including phenoxy) is 1. The quantitative estimate of drug-likeness (QED) is 0.841. The first-order valence-electron chi connectivity index (χ1n) is 6.90. The van der Waals surface area contributed by atoms with Crippen molar-refractivity contribution in [3.63, 3.8) is 0 Å². The number of benzene rings is 1. The third-order valence-electron chi connectivity index (χ3n) is 3.53. The van der Waals surface area contributed by atoms with Crippen molar-refractivity contribution in [3.05, 3.63) is 23.8 Å². The van der Waals surface area contributed by atoms with E-state index in [1.165, 1.54) is 18.5 Å². The van der Waals surface area contributed by atoms with Crippen LogP contribution in [0.2, 0.25) is 0 Å². The summed E-state index contributed by atoms with van der Waals surface area (Å²) >= 11 is 0. The van der Waals surface area contributed by atoms with E-state index in [1.807, 2.05) is 19.1 Å². The van der Waals surface area contributed by atoms with E-state index in [4.69, 9.17) is 4.74 Å². The van der Waals surface area contributed by atoms with E-state index < -0.39 is 0 Å². The summed E-state index contributed by atoms with van der Waals surface area (Å²) in [5.74, 6) is 1.65. The van der Waals surface area contributed by atoms with Gasteiger partial charge in [0, 0.05) is 24.3 Å². The molecule has 0 atom stereocenters. The molecule has 1 aliphatic heterocycles. The van der Waals surface area contributed by atoms with Gasteiger partial charge in [0.05, 0.1) is 13.2 Å². The molecule has 0 radical (unpaired) electrons. The Kier molecular flexibility index (Phi) is 4.48. The molecule has 2 rings (SSSR count). The number of aliphatic hydroxyl groups excluding tert-OH is 1. The van der Waals surface area contributed by atoms with Crippen molar-refractivity contribution in [3.8, 4) is 5.75 Å². The van der Waals surface area contributed by atoms with Gasteiger partial charge in [0.15, 0.2) is 0 Å². The third-order valence-corrected chi connectivity index (χ3v) is 3.53. The summed E-state index contributed by atoms with van der Waals surface area (Å²) in [6, 6.07) is 6.11. The van der Waals surface area contributed by atoms with Gasteiger partial charge >= 0.3 is 0 Å². The van der Waals surface area contributed by atoms with Crippen LogP contribution in [-0.4, -0.2) is 24.8 Å². The molecule has 3 nitrogen and oxygen atoms in total. The summed E-state index contributed by atoms with van der Waals surface area (Å²) in [5, 5.41) is 9.38. The molecule has 1 saturated heterocycles. The fourth-order valence-corrected chi connectivity index (χ4v) is 2.55. The van der Waals surface area contributed by atoms with Gasteiger partial charge in [0.2, 0.25) is 0 Å². The van der Waals surface area contributed by atoms with Crippen LogP contribution in [0.1, 0.15) is 32.3 Å². The number of nitrogens with zero attached hydrogens (tertiary/aromatic N) is 1. The third kappa shape index (κ3) is 2.78. The second kappa shape index (κ2) is 6.10. The topological polar surface area (TPSA) is 32.7 Å². The van der Waals surface area contributed by atoms with Crippen molar-refractivity contribution >= 4 is 5.69 Å². The molecular weight excluding hydrogens is 226 g/mol. The largest absolute Gasteiger partial charge is 0.494 e. The number of aliphatic hydroxyl groups is 1. The average Bonchev–Trinajstić information content (AvgIpc) is 2.34. The van der Waals surface area contributed by atoms with Gasteiger partial charge in [-0.1, -0.05) is 13.3 Å². The first-order valence-corrected chi connectivity index (χ1v) is 6.90. The maximum Gasteiger partial charge on any atom is 0.124 e. The molecule has 1 aromatic rings. The Balaban J connectivity index is 2.02. The molecule has 100 valence electrons. The van der Waals surface area contributed by atoms with Crippen molar-refractivity contribution in [1.82, 2.24) is 0 Å². The molecule has 1 aromatic carbocycles. The minimum atomic E-state index is 0.0371. The molecule has 3 heteroatoms. The second-order valence-corrected chi connectivity index (χ2v) is 4.94. The van der Waals surface area contributed by atoms with Crippen LogP contribution in [0.5, 0.6) is 5.75 Å². The van der Waals surface area contributed by atoms with E-state index in [0.717, 1.165) is 30.3 Å². The molecule has 0 unspecified atom stereocenters. The van der Waals surface area contributed by atoms with Gasteiger partial charge in [0.1, 0.15) is 5.75 Å². The van der Waals surface area contributed by atoms with E-state index in [0.29, 0.717) is 6.61 Å². The molecule has 1 aliphatic rings. The van der Waals surface area contributed by atoms with Gasteiger partial charge in [0.25, 0.3) is 0 Å². The van der Waals surface area contributed by atoms with Crippen molar-refractivity contribution in [2.24, 2.45) is 5.92 Å². The Morgan fingerprint density at radius 3 is 2.72 bits per heavy atom. The van der Waals surface area contributed by atoms with Crippen LogP contribution in [-0.2, 0) is 6.61 Å². The van der Waals surface area contributed by atoms with Gasteiger partial charge in [-0.25, -0.2) is 0 Å².